The Hall–Kier alpha value is -3.10. The van der Waals surface area contributed by atoms with Crippen molar-refractivity contribution < 1.29 is 22.8 Å². The lowest BCUT2D eigenvalue weighted by atomic mass is 9.97. The monoisotopic (exact) mass is 406 g/mol. The Labute approximate surface area is 166 Å². The number of halogens is 3. The fourth-order valence-corrected chi connectivity index (χ4v) is 3.15. The molecule has 154 valence electrons. The van der Waals surface area contributed by atoms with Crippen LogP contribution in [0.5, 0.6) is 0 Å². The van der Waals surface area contributed by atoms with Crippen molar-refractivity contribution in [3.8, 4) is 0 Å². The minimum absolute atomic E-state index is 0.127. The third-order valence-electron chi connectivity index (χ3n) is 4.82. The number of nitrogens with zero attached hydrogens (tertiary/aromatic N) is 2. The maximum atomic E-state index is 12.6. The van der Waals surface area contributed by atoms with Gasteiger partial charge in [-0.05, 0) is 55.2 Å². The maximum Gasteiger partial charge on any atom is 0.416 e. The van der Waals surface area contributed by atoms with E-state index in [1.807, 2.05) is 18.2 Å². The van der Waals surface area contributed by atoms with E-state index in [9.17, 15) is 22.8 Å². The molecule has 0 saturated carbocycles. The van der Waals surface area contributed by atoms with Gasteiger partial charge >= 0.3 is 18.0 Å². The third kappa shape index (κ3) is 5.69. The number of benzene rings is 1. The van der Waals surface area contributed by atoms with Gasteiger partial charge in [-0.1, -0.05) is 6.07 Å². The summed E-state index contributed by atoms with van der Waals surface area (Å²) in [6.45, 7) is 2.00. The van der Waals surface area contributed by atoms with E-state index in [2.05, 4.69) is 20.5 Å². The van der Waals surface area contributed by atoms with Crippen LogP contribution in [0.4, 0.5) is 24.7 Å². The smallest absolute Gasteiger partial charge is 0.357 e. The fourth-order valence-electron chi connectivity index (χ4n) is 3.15. The number of aromatic nitrogens is 1. The lowest BCUT2D eigenvalue weighted by Gasteiger charge is -2.32. The molecule has 1 fully saturated rings. The van der Waals surface area contributed by atoms with Crippen LogP contribution in [0.15, 0.2) is 48.7 Å². The topological polar surface area (TPSA) is 74.3 Å². The molecule has 1 aromatic heterocycles. The lowest BCUT2D eigenvalue weighted by Crippen LogP contribution is -2.42. The Kier molecular flexibility index (Phi) is 6.36. The summed E-state index contributed by atoms with van der Waals surface area (Å²) in [5.74, 6) is -0.545. The van der Waals surface area contributed by atoms with Crippen molar-refractivity contribution >= 4 is 23.3 Å². The molecule has 2 N–H and O–H groups in total. The number of pyridine rings is 1. The molecule has 1 saturated heterocycles. The second-order valence-electron chi connectivity index (χ2n) is 6.86. The number of piperidine rings is 1. The standard InChI is InChI=1S/C20H21F3N4O2/c21-20(22,23)15-4-6-16(7-5-15)26-19(29)18(28)25-13-14-8-11-27(12-9-14)17-3-1-2-10-24-17/h1-7,10,14H,8-9,11-13H2,(H,25,28)(H,26,29). The minimum atomic E-state index is -4.45. The van der Waals surface area contributed by atoms with E-state index in [-0.39, 0.29) is 11.6 Å². The molecule has 1 aromatic carbocycles. The zero-order valence-corrected chi connectivity index (χ0v) is 15.6. The molecule has 0 atom stereocenters. The van der Waals surface area contributed by atoms with Crippen LogP contribution in [0.1, 0.15) is 18.4 Å². The highest BCUT2D eigenvalue weighted by molar-refractivity contribution is 6.39. The number of nitrogens with one attached hydrogen (secondary N) is 2. The average molecular weight is 406 g/mol. The van der Waals surface area contributed by atoms with E-state index < -0.39 is 23.6 Å². The summed E-state index contributed by atoms with van der Waals surface area (Å²) in [5, 5.41) is 4.90. The summed E-state index contributed by atoms with van der Waals surface area (Å²) in [6, 6.07) is 9.67. The molecular formula is C20H21F3N4O2. The summed E-state index contributed by atoms with van der Waals surface area (Å²) in [5.41, 5.74) is -0.696. The van der Waals surface area contributed by atoms with Crippen LogP contribution in [-0.2, 0) is 15.8 Å². The van der Waals surface area contributed by atoms with Crippen molar-refractivity contribution in [3.63, 3.8) is 0 Å². The Morgan fingerprint density at radius 2 is 1.72 bits per heavy atom. The molecule has 6 nitrogen and oxygen atoms in total. The van der Waals surface area contributed by atoms with E-state index >= 15 is 0 Å². The first-order valence-electron chi connectivity index (χ1n) is 9.25. The fraction of sp³-hybridized carbons (Fsp3) is 0.350. The highest BCUT2D eigenvalue weighted by atomic mass is 19.4. The highest BCUT2D eigenvalue weighted by Gasteiger charge is 2.30. The molecule has 2 heterocycles. The predicted molar refractivity (Wildman–Crippen MR) is 102 cm³/mol. The number of carbonyl (C=O) groups is 2. The molecule has 0 spiro atoms. The Morgan fingerprint density at radius 3 is 2.31 bits per heavy atom. The van der Waals surface area contributed by atoms with E-state index in [1.54, 1.807) is 6.20 Å². The summed E-state index contributed by atoms with van der Waals surface area (Å²) in [6.07, 6.45) is -0.988. The Morgan fingerprint density at radius 1 is 1.03 bits per heavy atom. The van der Waals surface area contributed by atoms with Gasteiger partial charge in [-0.15, -0.1) is 0 Å². The number of hydrogen-bond acceptors (Lipinski definition) is 4. The van der Waals surface area contributed by atoms with Gasteiger partial charge < -0.3 is 15.5 Å². The van der Waals surface area contributed by atoms with Gasteiger partial charge in [0.1, 0.15) is 5.82 Å². The highest BCUT2D eigenvalue weighted by Crippen LogP contribution is 2.29. The van der Waals surface area contributed by atoms with Crippen LogP contribution < -0.4 is 15.5 Å². The summed E-state index contributed by atoms with van der Waals surface area (Å²) < 4.78 is 37.7. The first-order chi connectivity index (χ1) is 13.8. The normalized spacial score (nSPS) is 15.1. The molecule has 1 aliphatic heterocycles. The Bertz CT molecular complexity index is 833. The second-order valence-corrected chi connectivity index (χ2v) is 6.86. The number of anilines is 2. The van der Waals surface area contributed by atoms with E-state index in [4.69, 9.17) is 0 Å². The third-order valence-corrected chi connectivity index (χ3v) is 4.82. The molecule has 0 radical (unpaired) electrons. The van der Waals surface area contributed by atoms with Crippen molar-refractivity contribution in [1.82, 2.24) is 10.3 Å². The number of carbonyl (C=O) groups excluding carboxylic acids is 2. The van der Waals surface area contributed by atoms with Gasteiger partial charge in [0.2, 0.25) is 0 Å². The molecule has 3 rings (SSSR count). The van der Waals surface area contributed by atoms with Crippen LogP contribution in [0, 0.1) is 5.92 Å². The SMILES string of the molecule is O=C(NCC1CCN(c2ccccn2)CC1)C(=O)Nc1ccc(C(F)(F)F)cc1. The van der Waals surface area contributed by atoms with Crippen molar-refractivity contribution in [3.05, 3.63) is 54.2 Å². The zero-order valence-electron chi connectivity index (χ0n) is 15.6. The Balaban J connectivity index is 1.42. The minimum Gasteiger partial charge on any atom is -0.357 e. The average Bonchev–Trinajstić information content (AvgIpc) is 2.72. The van der Waals surface area contributed by atoms with Crippen molar-refractivity contribution in [2.24, 2.45) is 5.92 Å². The summed E-state index contributed by atoms with van der Waals surface area (Å²) in [7, 11) is 0. The molecule has 0 unspecified atom stereocenters. The van der Waals surface area contributed by atoms with Crippen LogP contribution in [0.25, 0.3) is 0 Å². The number of rotatable bonds is 4. The first-order valence-corrected chi connectivity index (χ1v) is 9.25. The summed E-state index contributed by atoms with van der Waals surface area (Å²) >= 11 is 0. The number of amides is 2. The zero-order chi connectivity index (χ0) is 20.9. The van der Waals surface area contributed by atoms with Crippen LogP contribution in [0.3, 0.4) is 0 Å². The summed E-state index contributed by atoms with van der Waals surface area (Å²) in [4.78, 5) is 30.4. The quantitative estimate of drug-likeness (QED) is 0.766. The molecular weight excluding hydrogens is 385 g/mol. The van der Waals surface area contributed by atoms with Gasteiger partial charge in [0.15, 0.2) is 0 Å². The van der Waals surface area contributed by atoms with Gasteiger partial charge in [0, 0.05) is 31.5 Å². The van der Waals surface area contributed by atoms with E-state index in [0.29, 0.717) is 6.54 Å². The largest absolute Gasteiger partial charge is 0.416 e. The second kappa shape index (κ2) is 8.93. The van der Waals surface area contributed by atoms with E-state index in [0.717, 1.165) is 56.0 Å². The van der Waals surface area contributed by atoms with Crippen LogP contribution in [0.2, 0.25) is 0 Å². The van der Waals surface area contributed by atoms with Crippen LogP contribution >= 0.6 is 0 Å². The molecule has 9 heteroatoms. The molecule has 2 amide bonds. The van der Waals surface area contributed by atoms with Gasteiger partial charge in [-0.3, -0.25) is 9.59 Å². The van der Waals surface area contributed by atoms with Gasteiger partial charge in [0.25, 0.3) is 0 Å². The van der Waals surface area contributed by atoms with Crippen molar-refractivity contribution in [2.45, 2.75) is 19.0 Å². The maximum absolute atomic E-state index is 12.6. The first kappa shape index (κ1) is 20.6. The molecule has 2 aromatic rings. The van der Waals surface area contributed by atoms with Crippen molar-refractivity contribution in [1.29, 1.82) is 0 Å². The number of hydrogen-bond donors (Lipinski definition) is 2. The van der Waals surface area contributed by atoms with Gasteiger partial charge in [-0.2, -0.15) is 13.2 Å². The van der Waals surface area contributed by atoms with Crippen LogP contribution in [-0.4, -0.2) is 36.4 Å². The lowest BCUT2D eigenvalue weighted by molar-refractivity contribution is -0.137. The van der Waals surface area contributed by atoms with Gasteiger partial charge in [0.05, 0.1) is 5.56 Å². The van der Waals surface area contributed by atoms with Crippen molar-refractivity contribution in [2.75, 3.05) is 29.9 Å². The number of alkyl halides is 3. The molecule has 0 aliphatic carbocycles. The molecule has 1 aliphatic rings. The molecule has 29 heavy (non-hydrogen) atoms. The predicted octanol–water partition coefficient (Wildman–Crippen LogP) is 3.07. The molecule has 0 bridgehead atoms. The van der Waals surface area contributed by atoms with Gasteiger partial charge in [-0.25, -0.2) is 4.98 Å². The van der Waals surface area contributed by atoms with E-state index in [1.165, 1.54) is 0 Å².